The molecule has 2 amide bonds. The summed E-state index contributed by atoms with van der Waals surface area (Å²) in [5.41, 5.74) is 3.35. The van der Waals surface area contributed by atoms with E-state index in [4.69, 9.17) is 4.74 Å². The highest BCUT2D eigenvalue weighted by molar-refractivity contribution is 5.90. The highest BCUT2D eigenvalue weighted by Gasteiger charge is 2.32. The first-order chi connectivity index (χ1) is 12.1. The third-order valence-corrected chi connectivity index (χ3v) is 4.01. The molecule has 6 heteroatoms. The highest BCUT2D eigenvalue weighted by atomic mass is 16.6. The van der Waals surface area contributed by atoms with Gasteiger partial charge in [0.15, 0.2) is 0 Å². The van der Waals surface area contributed by atoms with Crippen LogP contribution in [0.5, 0.6) is 0 Å². The lowest BCUT2D eigenvalue weighted by molar-refractivity contribution is -0.119. The van der Waals surface area contributed by atoms with E-state index in [-0.39, 0.29) is 12.0 Å². The van der Waals surface area contributed by atoms with Gasteiger partial charge in [0.2, 0.25) is 5.91 Å². The normalized spacial score (nSPS) is 16.4. The maximum atomic E-state index is 12.0. The Morgan fingerprint density at radius 3 is 2.32 bits per heavy atom. The van der Waals surface area contributed by atoms with E-state index in [1.165, 1.54) is 6.92 Å². The maximum Gasteiger partial charge on any atom is 0.414 e. The van der Waals surface area contributed by atoms with E-state index in [1.807, 2.05) is 36.4 Å². The molecule has 128 valence electrons. The number of benzene rings is 2. The van der Waals surface area contributed by atoms with Gasteiger partial charge >= 0.3 is 6.09 Å². The molecule has 0 aliphatic carbocycles. The summed E-state index contributed by atoms with van der Waals surface area (Å²) in [6, 6.07) is 14.8. The molecule has 0 bridgehead atoms. The molecule has 1 unspecified atom stereocenters. The van der Waals surface area contributed by atoms with Crippen molar-refractivity contribution in [1.29, 1.82) is 0 Å². The summed E-state index contributed by atoms with van der Waals surface area (Å²) in [5, 5.41) is 2.65. The quantitative estimate of drug-likeness (QED) is 0.851. The minimum absolute atomic E-state index is 0.153. The monoisotopic (exact) mass is 338 g/mol. The average Bonchev–Trinajstić information content (AvgIpc) is 3.01. The SMILES string of the molecule is CC(=O)NCC1CN(c2ccc(-c3ccc(C=O)cc3)cc2)C(=O)O1. The number of hydrogen-bond donors (Lipinski definition) is 1. The van der Waals surface area contributed by atoms with Crippen molar-refractivity contribution in [2.45, 2.75) is 13.0 Å². The Morgan fingerprint density at radius 2 is 1.76 bits per heavy atom. The van der Waals surface area contributed by atoms with E-state index in [9.17, 15) is 14.4 Å². The van der Waals surface area contributed by atoms with Gasteiger partial charge in [0.05, 0.1) is 13.1 Å². The Bertz CT molecular complexity index is 784. The number of amides is 2. The molecular weight excluding hydrogens is 320 g/mol. The van der Waals surface area contributed by atoms with Gasteiger partial charge < -0.3 is 10.1 Å². The number of carbonyl (C=O) groups is 3. The molecule has 3 rings (SSSR count). The molecule has 2 aromatic carbocycles. The third-order valence-electron chi connectivity index (χ3n) is 4.01. The molecule has 0 spiro atoms. The second-order valence-corrected chi connectivity index (χ2v) is 5.84. The molecule has 1 aliphatic heterocycles. The number of rotatable bonds is 5. The van der Waals surface area contributed by atoms with Gasteiger partial charge in [-0.15, -0.1) is 0 Å². The predicted octanol–water partition coefficient (Wildman–Crippen LogP) is 2.63. The summed E-state index contributed by atoms with van der Waals surface area (Å²) in [6.07, 6.45) is 0.0360. The molecule has 1 atom stereocenters. The van der Waals surface area contributed by atoms with Crippen LogP contribution in [0.15, 0.2) is 48.5 Å². The van der Waals surface area contributed by atoms with Crippen molar-refractivity contribution in [3.05, 3.63) is 54.1 Å². The summed E-state index contributed by atoms with van der Waals surface area (Å²) < 4.78 is 5.26. The predicted molar refractivity (Wildman–Crippen MR) is 93.6 cm³/mol. The standard InChI is InChI=1S/C19H18N2O4/c1-13(23)20-10-18-11-21(19(24)25-18)17-8-6-16(7-9-17)15-4-2-14(12-22)3-5-15/h2-9,12,18H,10-11H2,1H3,(H,20,23). The number of nitrogens with one attached hydrogen (secondary N) is 1. The first kappa shape index (κ1) is 16.7. The summed E-state index contributed by atoms with van der Waals surface area (Å²) in [7, 11) is 0. The summed E-state index contributed by atoms with van der Waals surface area (Å²) in [4.78, 5) is 35.2. The van der Waals surface area contributed by atoms with Crippen LogP contribution in [0.25, 0.3) is 11.1 Å². The van der Waals surface area contributed by atoms with Crippen LogP contribution in [0.2, 0.25) is 0 Å². The Hall–Kier alpha value is -3.15. The van der Waals surface area contributed by atoms with Crippen molar-refractivity contribution >= 4 is 24.0 Å². The number of hydrogen-bond acceptors (Lipinski definition) is 4. The van der Waals surface area contributed by atoms with Crippen molar-refractivity contribution in [3.8, 4) is 11.1 Å². The fourth-order valence-electron chi connectivity index (χ4n) is 2.68. The molecule has 25 heavy (non-hydrogen) atoms. The molecule has 0 aromatic heterocycles. The van der Waals surface area contributed by atoms with Gasteiger partial charge in [-0.25, -0.2) is 4.79 Å². The van der Waals surface area contributed by atoms with Crippen molar-refractivity contribution in [1.82, 2.24) is 5.32 Å². The van der Waals surface area contributed by atoms with Gasteiger partial charge in [0, 0.05) is 18.2 Å². The van der Waals surface area contributed by atoms with Crippen LogP contribution >= 0.6 is 0 Å². The maximum absolute atomic E-state index is 12.0. The topological polar surface area (TPSA) is 75.7 Å². The molecule has 2 aromatic rings. The molecule has 0 saturated carbocycles. The lowest BCUT2D eigenvalue weighted by Gasteiger charge is -2.14. The molecule has 1 fully saturated rings. The van der Waals surface area contributed by atoms with Gasteiger partial charge in [0.1, 0.15) is 12.4 Å². The van der Waals surface area contributed by atoms with Crippen LogP contribution in [0.4, 0.5) is 10.5 Å². The Kier molecular flexibility index (Phi) is 4.79. The van der Waals surface area contributed by atoms with Gasteiger partial charge in [-0.2, -0.15) is 0 Å². The van der Waals surface area contributed by atoms with Crippen molar-refractivity contribution < 1.29 is 19.1 Å². The summed E-state index contributed by atoms with van der Waals surface area (Å²) >= 11 is 0. The number of aldehydes is 1. The van der Waals surface area contributed by atoms with Gasteiger partial charge in [0.25, 0.3) is 0 Å². The lowest BCUT2D eigenvalue weighted by atomic mass is 10.0. The summed E-state index contributed by atoms with van der Waals surface area (Å²) in [6.45, 7) is 2.13. The highest BCUT2D eigenvalue weighted by Crippen LogP contribution is 2.26. The van der Waals surface area contributed by atoms with Crippen LogP contribution in [-0.4, -0.2) is 37.5 Å². The van der Waals surface area contributed by atoms with Gasteiger partial charge in [-0.05, 0) is 23.3 Å². The molecule has 0 radical (unpaired) electrons. The molecule has 6 nitrogen and oxygen atoms in total. The first-order valence-corrected chi connectivity index (χ1v) is 7.95. The first-order valence-electron chi connectivity index (χ1n) is 7.95. The molecular formula is C19H18N2O4. The van der Waals surface area contributed by atoms with E-state index in [0.717, 1.165) is 23.1 Å². The second-order valence-electron chi connectivity index (χ2n) is 5.84. The zero-order chi connectivity index (χ0) is 17.8. The smallest absolute Gasteiger partial charge is 0.414 e. The van der Waals surface area contributed by atoms with E-state index in [2.05, 4.69) is 5.32 Å². The van der Waals surface area contributed by atoms with Gasteiger partial charge in [-0.1, -0.05) is 36.4 Å². The molecule has 1 N–H and O–H groups in total. The number of ether oxygens (including phenoxy) is 1. The van der Waals surface area contributed by atoms with Crippen molar-refractivity contribution in [2.24, 2.45) is 0 Å². The van der Waals surface area contributed by atoms with Crippen LogP contribution in [0.1, 0.15) is 17.3 Å². The van der Waals surface area contributed by atoms with Gasteiger partial charge in [-0.3, -0.25) is 14.5 Å². The third kappa shape index (κ3) is 3.85. The minimum Gasteiger partial charge on any atom is -0.442 e. The Morgan fingerprint density at radius 1 is 1.16 bits per heavy atom. The number of anilines is 1. The van der Waals surface area contributed by atoms with E-state index < -0.39 is 6.09 Å². The Balaban J connectivity index is 1.70. The molecule has 1 saturated heterocycles. The van der Waals surface area contributed by atoms with E-state index >= 15 is 0 Å². The largest absolute Gasteiger partial charge is 0.442 e. The number of cyclic esters (lactones) is 1. The van der Waals surface area contributed by atoms with Crippen LogP contribution < -0.4 is 10.2 Å². The number of carbonyl (C=O) groups excluding carboxylic acids is 3. The van der Waals surface area contributed by atoms with Crippen LogP contribution in [0.3, 0.4) is 0 Å². The van der Waals surface area contributed by atoms with E-state index in [0.29, 0.717) is 18.7 Å². The zero-order valence-electron chi connectivity index (χ0n) is 13.8. The fourth-order valence-corrected chi connectivity index (χ4v) is 2.68. The lowest BCUT2D eigenvalue weighted by Crippen LogP contribution is -2.33. The molecule has 1 heterocycles. The minimum atomic E-state index is -0.418. The summed E-state index contributed by atoms with van der Waals surface area (Å²) in [5.74, 6) is -0.153. The fraction of sp³-hybridized carbons (Fsp3) is 0.211. The molecule has 1 aliphatic rings. The van der Waals surface area contributed by atoms with Crippen LogP contribution in [0, 0.1) is 0 Å². The average molecular weight is 338 g/mol. The number of nitrogens with zero attached hydrogens (tertiary/aromatic N) is 1. The second kappa shape index (κ2) is 7.17. The van der Waals surface area contributed by atoms with Crippen molar-refractivity contribution in [2.75, 3.05) is 18.0 Å². The van der Waals surface area contributed by atoms with E-state index in [1.54, 1.807) is 17.0 Å². The van der Waals surface area contributed by atoms with Crippen molar-refractivity contribution in [3.63, 3.8) is 0 Å². The van der Waals surface area contributed by atoms with Crippen LogP contribution in [-0.2, 0) is 9.53 Å². The Labute approximate surface area is 145 Å². The zero-order valence-corrected chi connectivity index (χ0v) is 13.8.